The lowest BCUT2D eigenvalue weighted by Gasteiger charge is -2.14. The normalized spacial score (nSPS) is 21.1. The monoisotopic (exact) mass is 209 g/mol. The van der Waals surface area contributed by atoms with E-state index in [-0.39, 0.29) is 0 Å². The van der Waals surface area contributed by atoms with Gasteiger partial charge in [0.1, 0.15) is 5.84 Å². The summed E-state index contributed by atoms with van der Waals surface area (Å²) in [7, 11) is 0. The highest BCUT2D eigenvalue weighted by Crippen LogP contribution is 2.23. The molecule has 2 N–H and O–H groups in total. The van der Waals surface area contributed by atoms with Crippen LogP contribution in [0, 0.1) is 5.92 Å². The molecule has 4 heteroatoms. The van der Waals surface area contributed by atoms with Crippen molar-refractivity contribution in [3.8, 4) is 0 Å². The molecule has 0 bridgehead atoms. The van der Waals surface area contributed by atoms with Crippen LogP contribution in [0.2, 0.25) is 5.02 Å². The van der Waals surface area contributed by atoms with Gasteiger partial charge in [0.05, 0.1) is 12.2 Å². The third-order valence-electron chi connectivity index (χ3n) is 2.29. The first-order chi connectivity index (χ1) is 6.66. The Morgan fingerprint density at radius 2 is 2.36 bits per heavy atom. The van der Waals surface area contributed by atoms with E-state index in [0.29, 0.717) is 11.8 Å². The van der Waals surface area contributed by atoms with Gasteiger partial charge in [0, 0.05) is 10.9 Å². The Bertz CT molecular complexity index is 375. The van der Waals surface area contributed by atoms with Gasteiger partial charge in [0.25, 0.3) is 0 Å². The lowest BCUT2D eigenvalue weighted by atomic mass is 10.2. The summed E-state index contributed by atoms with van der Waals surface area (Å²) < 4.78 is 0. The van der Waals surface area contributed by atoms with Crippen LogP contribution in [0.4, 0.5) is 5.69 Å². The van der Waals surface area contributed by atoms with E-state index >= 15 is 0 Å². The number of nitrogens with zero attached hydrogens (tertiary/aromatic N) is 2. The van der Waals surface area contributed by atoms with Gasteiger partial charge >= 0.3 is 0 Å². The van der Waals surface area contributed by atoms with Crippen molar-refractivity contribution in [2.24, 2.45) is 16.8 Å². The molecule has 1 aliphatic rings. The Morgan fingerprint density at radius 1 is 1.57 bits per heavy atom. The van der Waals surface area contributed by atoms with Crippen LogP contribution in [0.25, 0.3) is 0 Å². The molecule has 0 aromatic heterocycles. The van der Waals surface area contributed by atoms with E-state index in [9.17, 15) is 0 Å². The van der Waals surface area contributed by atoms with E-state index in [2.05, 4.69) is 12.0 Å². The van der Waals surface area contributed by atoms with Gasteiger partial charge in [0.2, 0.25) is 0 Å². The highest BCUT2D eigenvalue weighted by atomic mass is 35.5. The van der Waals surface area contributed by atoms with Crippen molar-refractivity contribution in [3.05, 3.63) is 29.3 Å². The molecule has 1 aliphatic heterocycles. The number of hydrazone groups is 1. The van der Waals surface area contributed by atoms with Gasteiger partial charge in [-0.05, 0) is 18.2 Å². The fourth-order valence-electron chi connectivity index (χ4n) is 1.43. The lowest BCUT2D eigenvalue weighted by Crippen LogP contribution is -2.20. The van der Waals surface area contributed by atoms with Crippen LogP contribution in [0.15, 0.2) is 29.4 Å². The standard InChI is InChI=1S/C10H12ClN3/c1-7-6-14(13-10(7)12)9-4-2-3-8(11)5-9/h2-5,7H,6H2,1H3,(H2,12,13). The Labute approximate surface area is 88.2 Å². The van der Waals surface area contributed by atoms with Crippen LogP contribution in [-0.4, -0.2) is 12.4 Å². The molecule has 1 heterocycles. The van der Waals surface area contributed by atoms with Crippen molar-refractivity contribution in [1.82, 2.24) is 0 Å². The van der Waals surface area contributed by atoms with Gasteiger partial charge in [-0.3, -0.25) is 5.01 Å². The first-order valence-electron chi connectivity index (χ1n) is 4.54. The van der Waals surface area contributed by atoms with E-state index in [1.165, 1.54) is 0 Å². The van der Waals surface area contributed by atoms with Crippen LogP contribution >= 0.6 is 11.6 Å². The van der Waals surface area contributed by atoms with Gasteiger partial charge in [-0.25, -0.2) is 0 Å². The fraction of sp³-hybridized carbons (Fsp3) is 0.300. The highest BCUT2D eigenvalue weighted by molar-refractivity contribution is 6.30. The largest absolute Gasteiger partial charge is 0.385 e. The molecule has 0 saturated carbocycles. The molecule has 1 atom stereocenters. The lowest BCUT2D eigenvalue weighted by molar-refractivity contribution is 0.773. The molecule has 1 aromatic carbocycles. The quantitative estimate of drug-likeness (QED) is 0.770. The Balaban J connectivity index is 2.26. The number of benzene rings is 1. The van der Waals surface area contributed by atoms with Crippen molar-refractivity contribution in [2.45, 2.75) is 6.92 Å². The number of rotatable bonds is 1. The summed E-state index contributed by atoms with van der Waals surface area (Å²) in [4.78, 5) is 0. The molecule has 2 rings (SSSR count). The Hall–Kier alpha value is -1.22. The average molecular weight is 210 g/mol. The maximum absolute atomic E-state index is 5.89. The van der Waals surface area contributed by atoms with Gasteiger partial charge in [0.15, 0.2) is 0 Å². The van der Waals surface area contributed by atoms with Crippen LogP contribution < -0.4 is 10.7 Å². The zero-order chi connectivity index (χ0) is 10.1. The molecule has 0 saturated heterocycles. The second kappa shape index (κ2) is 3.50. The molecular weight excluding hydrogens is 198 g/mol. The molecule has 1 aromatic rings. The summed E-state index contributed by atoms with van der Waals surface area (Å²) in [6.07, 6.45) is 0. The minimum absolute atomic E-state index is 0.314. The summed E-state index contributed by atoms with van der Waals surface area (Å²) in [5.74, 6) is 0.999. The topological polar surface area (TPSA) is 41.6 Å². The summed E-state index contributed by atoms with van der Waals surface area (Å²) >= 11 is 5.89. The SMILES string of the molecule is CC1CN(c2cccc(Cl)c2)N=C1N. The van der Waals surface area contributed by atoms with Crippen molar-refractivity contribution in [1.29, 1.82) is 0 Å². The van der Waals surface area contributed by atoms with Crippen molar-refractivity contribution in [2.75, 3.05) is 11.6 Å². The van der Waals surface area contributed by atoms with Gasteiger partial charge in [-0.15, -0.1) is 0 Å². The van der Waals surface area contributed by atoms with Gasteiger partial charge < -0.3 is 5.73 Å². The van der Waals surface area contributed by atoms with E-state index in [4.69, 9.17) is 17.3 Å². The molecule has 1 unspecified atom stereocenters. The van der Waals surface area contributed by atoms with Crippen LogP contribution in [0.1, 0.15) is 6.92 Å². The third-order valence-corrected chi connectivity index (χ3v) is 2.53. The molecule has 74 valence electrons. The molecule has 0 amide bonds. The Kier molecular flexibility index (Phi) is 2.33. The molecule has 0 aliphatic carbocycles. The average Bonchev–Trinajstić information content (AvgIpc) is 2.47. The minimum Gasteiger partial charge on any atom is -0.385 e. The number of halogens is 1. The number of nitrogens with two attached hydrogens (primary N) is 1. The van der Waals surface area contributed by atoms with E-state index < -0.39 is 0 Å². The first-order valence-corrected chi connectivity index (χ1v) is 4.91. The van der Waals surface area contributed by atoms with Crippen molar-refractivity contribution in [3.63, 3.8) is 0 Å². The van der Waals surface area contributed by atoms with Crippen LogP contribution in [0.3, 0.4) is 0 Å². The van der Waals surface area contributed by atoms with Crippen LogP contribution in [0.5, 0.6) is 0 Å². The maximum atomic E-state index is 5.89. The second-order valence-corrected chi connectivity index (χ2v) is 3.92. The number of hydrogen-bond donors (Lipinski definition) is 1. The van der Waals surface area contributed by atoms with E-state index in [1.807, 2.05) is 29.3 Å². The fourth-order valence-corrected chi connectivity index (χ4v) is 1.62. The number of anilines is 1. The highest BCUT2D eigenvalue weighted by Gasteiger charge is 2.20. The maximum Gasteiger partial charge on any atom is 0.124 e. The predicted molar refractivity (Wildman–Crippen MR) is 59.6 cm³/mol. The molecule has 14 heavy (non-hydrogen) atoms. The van der Waals surface area contributed by atoms with Crippen LogP contribution in [-0.2, 0) is 0 Å². The predicted octanol–water partition coefficient (Wildman–Crippen LogP) is 2.07. The molecule has 0 fully saturated rings. The molecule has 0 spiro atoms. The zero-order valence-corrected chi connectivity index (χ0v) is 8.70. The second-order valence-electron chi connectivity index (χ2n) is 3.49. The number of amidine groups is 1. The first kappa shape index (κ1) is 9.34. The summed E-state index contributed by atoms with van der Waals surface area (Å²) in [6, 6.07) is 7.61. The van der Waals surface area contributed by atoms with E-state index in [0.717, 1.165) is 17.3 Å². The molecular formula is C10H12ClN3. The minimum atomic E-state index is 0.314. The van der Waals surface area contributed by atoms with Crippen molar-refractivity contribution >= 4 is 23.1 Å². The van der Waals surface area contributed by atoms with Gasteiger partial charge in [-0.2, -0.15) is 5.10 Å². The number of hydrogen-bond acceptors (Lipinski definition) is 3. The van der Waals surface area contributed by atoms with Gasteiger partial charge in [-0.1, -0.05) is 24.6 Å². The van der Waals surface area contributed by atoms with E-state index in [1.54, 1.807) is 0 Å². The van der Waals surface area contributed by atoms with Crippen molar-refractivity contribution < 1.29 is 0 Å². The third kappa shape index (κ3) is 1.68. The zero-order valence-electron chi connectivity index (χ0n) is 7.94. The summed E-state index contributed by atoms with van der Waals surface area (Å²) in [6.45, 7) is 2.88. The molecule has 0 radical (unpaired) electrons. The Morgan fingerprint density at radius 3 is 2.93 bits per heavy atom. The summed E-state index contributed by atoms with van der Waals surface area (Å²) in [5, 5.41) is 6.85. The summed E-state index contributed by atoms with van der Waals surface area (Å²) in [5.41, 5.74) is 6.71. The molecule has 3 nitrogen and oxygen atoms in total. The smallest absolute Gasteiger partial charge is 0.124 e.